The molecule has 3 nitrogen and oxygen atoms in total. The van der Waals surface area contributed by atoms with Crippen molar-refractivity contribution in [2.75, 3.05) is 0 Å². The van der Waals surface area contributed by atoms with Gasteiger partial charge in [-0.3, -0.25) is 4.57 Å². The summed E-state index contributed by atoms with van der Waals surface area (Å²) in [6.45, 7) is 0. The third-order valence-corrected chi connectivity index (χ3v) is 4.01. The van der Waals surface area contributed by atoms with Crippen LogP contribution in [0.3, 0.4) is 0 Å². The Morgan fingerprint density at radius 1 is 0.727 bits per heavy atom. The first-order valence-corrected chi connectivity index (χ1v) is 7.56. The molecule has 0 saturated carbocycles. The van der Waals surface area contributed by atoms with Gasteiger partial charge in [-0.05, 0) is 35.4 Å². The van der Waals surface area contributed by atoms with E-state index in [4.69, 9.17) is 0 Å². The lowest BCUT2D eigenvalue weighted by Gasteiger charge is -2.12. The summed E-state index contributed by atoms with van der Waals surface area (Å²) in [5.41, 5.74) is 2.56. The topological polar surface area (TPSA) is 57.5 Å². The summed E-state index contributed by atoms with van der Waals surface area (Å²) in [5, 5.41) is 21.3. The molecule has 0 unspecified atom stereocenters. The van der Waals surface area contributed by atoms with Gasteiger partial charge in [0.05, 0.1) is 5.56 Å². The zero-order valence-electron chi connectivity index (χ0n) is 11.6. The highest BCUT2D eigenvalue weighted by Gasteiger charge is 2.15. The van der Waals surface area contributed by atoms with Gasteiger partial charge in [0.15, 0.2) is 8.46 Å². The zero-order valence-corrected chi connectivity index (χ0v) is 12.5. The van der Waals surface area contributed by atoms with Gasteiger partial charge in [0, 0.05) is 10.9 Å². The van der Waals surface area contributed by atoms with Crippen LogP contribution >= 0.6 is 8.46 Å². The van der Waals surface area contributed by atoms with Crippen LogP contribution in [0.4, 0.5) is 0 Å². The Balaban J connectivity index is 2.16. The van der Waals surface area contributed by atoms with Crippen molar-refractivity contribution in [1.82, 2.24) is 0 Å². The minimum Gasteiger partial charge on any atom is -0.507 e. The van der Waals surface area contributed by atoms with Gasteiger partial charge < -0.3 is 10.2 Å². The first-order chi connectivity index (χ1) is 10.7. The molecule has 0 amide bonds. The van der Waals surface area contributed by atoms with Crippen molar-refractivity contribution in [3.05, 3.63) is 66.7 Å². The van der Waals surface area contributed by atoms with Crippen molar-refractivity contribution in [1.29, 1.82) is 0 Å². The van der Waals surface area contributed by atoms with E-state index in [1.165, 1.54) is 0 Å². The van der Waals surface area contributed by atoms with E-state index in [0.29, 0.717) is 16.4 Å². The fourth-order valence-corrected chi connectivity index (χ4v) is 2.68. The lowest BCUT2D eigenvalue weighted by atomic mass is 9.96. The molecule has 0 aromatic heterocycles. The summed E-state index contributed by atoms with van der Waals surface area (Å²) in [4.78, 5) is 0. The first-order valence-electron chi connectivity index (χ1n) is 6.75. The molecule has 108 valence electrons. The monoisotopic (exact) mass is 308 g/mol. The minimum absolute atomic E-state index is 0.0265. The van der Waals surface area contributed by atoms with E-state index in [1.807, 2.05) is 30.3 Å². The van der Waals surface area contributed by atoms with Gasteiger partial charge in [-0.2, -0.15) is 0 Å². The van der Waals surface area contributed by atoms with Gasteiger partial charge in [-0.15, -0.1) is 0 Å². The quantitative estimate of drug-likeness (QED) is 0.707. The molecule has 0 aliphatic rings. The highest BCUT2D eigenvalue weighted by molar-refractivity contribution is 7.34. The van der Waals surface area contributed by atoms with Crippen LogP contribution in [0.15, 0.2) is 66.7 Å². The van der Waals surface area contributed by atoms with E-state index in [-0.39, 0.29) is 20.0 Å². The zero-order chi connectivity index (χ0) is 15.5. The minimum atomic E-state index is -0.0356. The van der Waals surface area contributed by atoms with Crippen molar-refractivity contribution in [2.24, 2.45) is 0 Å². The summed E-state index contributed by atoms with van der Waals surface area (Å²) in [7, 11) is -0.0356. The molecule has 0 bridgehead atoms. The van der Waals surface area contributed by atoms with E-state index >= 15 is 0 Å². The number of rotatable bonds is 3. The second-order valence-electron chi connectivity index (χ2n) is 4.86. The average molecular weight is 308 g/mol. The predicted octanol–water partition coefficient (Wildman–Crippen LogP) is 4.35. The number of benzene rings is 3. The van der Waals surface area contributed by atoms with E-state index < -0.39 is 0 Å². The van der Waals surface area contributed by atoms with Crippen LogP contribution in [0.1, 0.15) is 0 Å². The number of phenolic OH excluding ortho intramolecular Hbond substituents is 2. The summed E-state index contributed by atoms with van der Waals surface area (Å²) in [6.07, 6.45) is 0. The maximum Gasteiger partial charge on any atom is 0.192 e. The smallest absolute Gasteiger partial charge is 0.192 e. The van der Waals surface area contributed by atoms with E-state index in [2.05, 4.69) is 0 Å². The lowest BCUT2D eigenvalue weighted by Crippen LogP contribution is -1.90. The molecule has 0 spiro atoms. The SMILES string of the molecule is O=Pc1ccc(-c2ccc(O)c(-c3ccccc3)c2O)cc1. The molecule has 0 fully saturated rings. The molecular weight excluding hydrogens is 295 g/mol. The Kier molecular flexibility index (Phi) is 3.90. The van der Waals surface area contributed by atoms with E-state index in [1.54, 1.807) is 36.4 Å². The van der Waals surface area contributed by atoms with Gasteiger partial charge in [0.2, 0.25) is 0 Å². The molecule has 22 heavy (non-hydrogen) atoms. The molecule has 4 heteroatoms. The molecule has 0 aliphatic heterocycles. The predicted molar refractivity (Wildman–Crippen MR) is 87.9 cm³/mol. The van der Waals surface area contributed by atoms with Crippen LogP contribution in [0.5, 0.6) is 11.5 Å². The summed E-state index contributed by atoms with van der Waals surface area (Å²) in [6, 6.07) is 19.5. The third-order valence-electron chi connectivity index (χ3n) is 3.50. The van der Waals surface area contributed by atoms with Gasteiger partial charge in [0.25, 0.3) is 0 Å². The molecule has 0 atom stereocenters. The maximum absolute atomic E-state index is 10.8. The molecule has 0 heterocycles. The number of aromatic hydroxyl groups is 2. The van der Waals surface area contributed by atoms with Crippen molar-refractivity contribution >= 4 is 13.8 Å². The lowest BCUT2D eigenvalue weighted by molar-refractivity contribution is 0.455. The molecule has 2 N–H and O–H groups in total. The highest BCUT2D eigenvalue weighted by atomic mass is 31.1. The van der Waals surface area contributed by atoms with E-state index in [9.17, 15) is 14.8 Å². The Labute approximate surface area is 129 Å². The Bertz CT molecular complexity index is 812. The first kappa shape index (κ1) is 14.3. The van der Waals surface area contributed by atoms with Crippen LogP contribution in [0, 0.1) is 0 Å². The fraction of sp³-hybridized carbons (Fsp3) is 0. The average Bonchev–Trinajstić information content (AvgIpc) is 2.56. The standard InChI is InChI=1S/C18H13O3P/c19-16-11-10-15(12-6-8-14(22-21)9-7-12)18(20)17(16)13-4-2-1-3-5-13/h1-11,19-20H. The molecule has 0 saturated heterocycles. The molecule has 0 radical (unpaired) electrons. The molecule has 0 aliphatic carbocycles. The summed E-state index contributed by atoms with van der Waals surface area (Å²) < 4.78 is 10.8. The van der Waals surface area contributed by atoms with Crippen LogP contribution < -0.4 is 5.30 Å². The molecular formula is C18H13O3P. The molecule has 3 aromatic carbocycles. The molecule has 3 rings (SSSR count). The second-order valence-corrected chi connectivity index (χ2v) is 5.56. The van der Waals surface area contributed by atoms with Crippen LogP contribution in [0.2, 0.25) is 0 Å². The van der Waals surface area contributed by atoms with Gasteiger partial charge >= 0.3 is 0 Å². The summed E-state index contributed by atoms with van der Waals surface area (Å²) >= 11 is 0. The van der Waals surface area contributed by atoms with Crippen molar-refractivity contribution in [2.45, 2.75) is 0 Å². The maximum atomic E-state index is 10.8. The Morgan fingerprint density at radius 2 is 1.41 bits per heavy atom. The van der Waals surface area contributed by atoms with Crippen molar-refractivity contribution < 1.29 is 14.8 Å². The summed E-state index contributed by atoms with van der Waals surface area (Å²) in [5.74, 6) is 0.0563. The Morgan fingerprint density at radius 3 is 2.05 bits per heavy atom. The number of hydrogen-bond donors (Lipinski definition) is 2. The molecule has 3 aromatic rings. The largest absolute Gasteiger partial charge is 0.507 e. The number of phenols is 2. The fourth-order valence-electron chi connectivity index (χ4n) is 2.40. The van der Waals surface area contributed by atoms with Gasteiger partial charge in [-0.1, -0.05) is 42.5 Å². The number of hydrogen-bond acceptors (Lipinski definition) is 3. The Hall–Kier alpha value is -2.64. The van der Waals surface area contributed by atoms with Crippen molar-refractivity contribution in [3.8, 4) is 33.8 Å². The van der Waals surface area contributed by atoms with Crippen LogP contribution in [-0.4, -0.2) is 10.2 Å². The van der Waals surface area contributed by atoms with Crippen LogP contribution in [-0.2, 0) is 4.57 Å². The van der Waals surface area contributed by atoms with E-state index in [0.717, 1.165) is 11.1 Å². The second kappa shape index (κ2) is 6.00. The highest BCUT2D eigenvalue weighted by Crippen LogP contribution is 2.43. The van der Waals surface area contributed by atoms with Gasteiger partial charge in [0.1, 0.15) is 11.5 Å². The van der Waals surface area contributed by atoms with Crippen LogP contribution in [0.25, 0.3) is 22.3 Å². The normalized spacial score (nSPS) is 10.7. The third kappa shape index (κ3) is 2.59. The van der Waals surface area contributed by atoms with Crippen molar-refractivity contribution in [3.63, 3.8) is 0 Å². The van der Waals surface area contributed by atoms with Gasteiger partial charge in [-0.25, -0.2) is 0 Å².